The Morgan fingerprint density at radius 1 is 1.43 bits per heavy atom. The fourth-order valence-electron chi connectivity index (χ4n) is 1.29. The molecule has 0 radical (unpaired) electrons. The molecule has 1 rings (SSSR count). The van der Waals surface area contributed by atoms with Gasteiger partial charge in [-0.15, -0.1) is 0 Å². The van der Waals surface area contributed by atoms with Crippen LogP contribution in [-0.2, 0) is 0 Å². The van der Waals surface area contributed by atoms with Gasteiger partial charge in [0.1, 0.15) is 5.82 Å². The van der Waals surface area contributed by atoms with Crippen LogP contribution in [0.15, 0.2) is 12.3 Å². The van der Waals surface area contributed by atoms with Crippen LogP contribution in [0, 0.1) is 0 Å². The van der Waals surface area contributed by atoms with Crippen molar-refractivity contribution in [2.24, 2.45) is 0 Å². The van der Waals surface area contributed by atoms with E-state index in [1.807, 2.05) is 6.07 Å². The highest BCUT2D eigenvalue weighted by Crippen LogP contribution is 2.12. The van der Waals surface area contributed by atoms with Crippen molar-refractivity contribution in [1.82, 2.24) is 9.97 Å². The van der Waals surface area contributed by atoms with E-state index in [9.17, 15) is 0 Å². The quantitative estimate of drug-likeness (QED) is 0.705. The van der Waals surface area contributed by atoms with E-state index in [0.29, 0.717) is 5.28 Å². The number of rotatable bonds is 5. The first-order valence-electron chi connectivity index (χ1n) is 5.01. The predicted octanol–water partition coefficient (Wildman–Crippen LogP) is 2.76. The normalized spacial score (nSPS) is 10.2. The molecule has 4 heteroatoms. The lowest BCUT2D eigenvalue weighted by Crippen LogP contribution is -2.24. The number of unbranched alkanes of at least 4 members (excludes halogenated alkanes) is 1. The van der Waals surface area contributed by atoms with Gasteiger partial charge in [-0.05, 0) is 31.0 Å². The summed E-state index contributed by atoms with van der Waals surface area (Å²) in [4.78, 5) is 10.2. The van der Waals surface area contributed by atoms with E-state index in [1.54, 1.807) is 6.20 Å². The molecule has 14 heavy (non-hydrogen) atoms. The molecule has 78 valence electrons. The van der Waals surface area contributed by atoms with E-state index >= 15 is 0 Å². The van der Waals surface area contributed by atoms with E-state index in [0.717, 1.165) is 18.9 Å². The molecule has 0 amide bonds. The molecule has 0 fully saturated rings. The summed E-state index contributed by atoms with van der Waals surface area (Å²) in [7, 11) is 0. The van der Waals surface area contributed by atoms with E-state index in [1.165, 1.54) is 12.8 Å². The van der Waals surface area contributed by atoms with Gasteiger partial charge >= 0.3 is 0 Å². The summed E-state index contributed by atoms with van der Waals surface area (Å²) in [6.45, 7) is 6.28. The molecule has 0 saturated heterocycles. The minimum absolute atomic E-state index is 0.317. The molecule has 0 atom stereocenters. The van der Waals surface area contributed by atoms with Gasteiger partial charge in [0, 0.05) is 19.3 Å². The van der Waals surface area contributed by atoms with Crippen LogP contribution in [0.2, 0.25) is 5.28 Å². The molecule has 0 bridgehead atoms. The molecular formula is C10H16ClN3. The van der Waals surface area contributed by atoms with Crippen molar-refractivity contribution in [3.63, 3.8) is 0 Å². The van der Waals surface area contributed by atoms with Crippen molar-refractivity contribution in [2.45, 2.75) is 26.7 Å². The summed E-state index contributed by atoms with van der Waals surface area (Å²) in [5.41, 5.74) is 0. The maximum Gasteiger partial charge on any atom is 0.224 e. The minimum atomic E-state index is 0.317. The summed E-state index contributed by atoms with van der Waals surface area (Å²) < 4.78 is 0. The average Bonchev–Trinajstić information content (AvgIpc) is 2.19. The maximum absolute atomic E-state index is 5.73. The van der Waals surface area contributed by atoms with Crippen LogP contribution in [0.25, 0.3) is 0 Å². The van der Waals surface area contributed by atoms with E-state index < -0.39 is 0 Å². The Labute approximate surface area is 90.1 Å². The van der Waals surface area contributed by atoms with Crippen LogP contribution < -0.4 is 4.90 Å². The van der Waals surface area contributed by atoms with Gasteiger partial charge in [0.25, 0.3) is 0 Å². The summed E-state index contributed by atoms with van der Waals surface area (Å²) >= 11 is 5.73. The molecule has 0 unspecified atom stereocenters. The second kappa shape index (κ2) is 5.81. The SMILES string of the molecule is CCCCN(CC)c1ccnc(Cl)n1. The average molecular weight is 214 g/mol. The first-order chi connectivity index (χ1) is 6.77. The minimum Gasteiger partial charge on any atom is -0.357 e. The fraction of sp³-hybridized carbons (Fsp3) is 0.600. The topological polar surface area (TPSA) is 29.0 Å². The molecular weight excluding hydrogens is 198 g/mol. The predicted molar refractivity (Wildman–Crippen MR) is 59.8 cm³/mol. The zero-order valence-corrected chi connectivity index (χ0v) is 9.46. The summed E-state index contributed by atoms with van der Waals surface area (Å²) in [5.74, 6) is 0.918. The Morgan fingerprint density at radius 3 is 2.79 bits per heavy atom. The van der Waals surface area contributed by atoms with Crippen LogP contribution in [0.5, 0.6) is 0 Å². The smallest absolute Gasteiger partial charge is 0.224 e. The molecule has 1 aromatic rings. The van der Waals surface area contributed by atoms with Gasteiger partial charge < -0.3 is 4.90 Å². The Morgan fingerprint density at radius 2 is 2.21 bits per heavy atom. The van der Waals surface area contributed by atoms with E-state index in [-0.39, 0.29) is 0 Å². The molecule has 0 aliphatic carbocycles. The first kappa shape index (κ1) is 11.2. The summed E-state index contributed by atoms with van der Waals surface area (Å²) in [6.07, 6.45) is 4.06. The van der Waals surface area contributed by atoms with Crippen molar-refractivity contribution in [1.29, 1.82) is 0 Å². The monoisotopic (exact) mass is 213 g/mol. The zero-order valence-electron chi connectivity index (χ0n) is 8.70. The van der Waals surface area contributed by atoms with Gasteiger partial charge in [-0.3, -0.25) is 0 Å². The summed E-state index contributed by atoms with van der Waals surface area (Å²) in [5, 5.41) is 0.317. The third kappa shape index (κ3) is 3.14. The highest BCUT2D eigenvalue weighted by atomic mass is 35.5. The number of aromatic nitrogens is 2. The number of nitrogens with zero attached hydrogens (tertiary/aromatic N) is 3. The van der Waals surface area contributed by atoms with E-state index in [2.05, 4.69) is 28.7 Å². The molecule has 1 aromatic heterocycles. The van der Waals surface area contributed by atoms with Gasteiger partial charge in [0.15, 0.2) is 0 Å². The van der Waals surface area contributed by atoms with Crippen molar-refractivity contribution < 1.29 is 0 Å². The summed E-state index contributed by atoms with van der Waals surface area (Å²) in [6, 6.07) is 1.89. The van der Waals surface area contributed by atoms with Gasteiger partial charge in [-0.1, -0.05) is 13.3 Å². The van der Waals surface area contributed by atoms with Crippen LogP contribution in [0.3, 0.4) is 0 Å². The molecule has 0 aromatic carbocycles. The number of anilines is 1. The standard InChI is InChI=1S/C10H16ClN3/c1-3-5-8-14(4-2)9-6-7-12-10(11)13-9/h6-7H,3-5,8H2,1-2H3. The molecule has 1 heterocycles. The van der Waals surface area contributed by atoms with Crippen molar-refractivity contribution >= 4 is 17.4 Å². The van der Waals surface area contributed by atoms with E-state index in [4.69, 9.17) is 11.6 Å². The number of hydrogen-bond donors (Lipinski definition) is 0. The lowest BCUT2D eigenvalue weighted by molar-refractivity contribution is 0.723. The van der Waals surface area contributed by atoms with Crippen LogP contribution in [-0.4, -0.2) is 23.1 Å². The number of hydrogen-bond acceptors (Lipinski definition) is 3. The first-order valence-corrected chi connectivity index (χ1v) is 5.39. The highest BCUT2D eigenvalue weighted by molar-refractivity contribution is 6.28. The van der Waals surface area contributed by atoms with Gasteiger partial charge in [0.2, 0.25) is 5.28 Å². The Hall–Kier alpha value is -0.830. The van der Waals surface area contributed by atoms with Crippen LogP contribution in [0.4, 0.5) is 5.82 Å². The van der Waals surface area contributed by atoms with Gasteiger partial charge in [0.05, 0.1) is 0 Å². The lowest BCUT2D eigenvalue weighted by atomic mass is 10.3. The second-order valence-electron chi connectivity index (χ2n) is 3.12. The third-order valence-corrected chi connectivity index (χ3v) is 2.28. The fourth-order valence-corrected chi connectivity index (χ4v) is 1.43. The molecule has 0 saturated carbocycles. The van der Waals surface area contributed by atoms with Crippen LogP contribution >= 0.6 is 11.6 Å². The molecule has 0 spiro atoms. The molecule has 3 nitrogen and oxygen atoms in total. The third-order valence-electron chi connectivity index (χ3n) is 2.10. The zero-order chi connectivity index (χ0) is 10.4. The Kier molecular flexibility index (Phi) is 4.66. The van der Waals surface area contributed by atoms with Crippen molar-refractivity contribution in [2.75, 3.05) is 18.0 Å². The Balaban J connectivity index is 2.68. The number of halogens is 1. The lowest BCUT2D eigenvalue weighted by Gasteiger charge is -2.21. The van der Waals surface area contributed by atoms with Crippen molar-refractivity contribution in [3.05, 3.63) is 17.5 Å². The maximum atomic E-state index is 5.73. The largest absolute Gasteiger partial charge is 0.357 e. The highest BCUT2D eigenvalue weighted by Gasteiger charge is 2.05. The van der Waals surface area contributed by atoms with Gasteiger partial charge in [-0.2, -0.15) is 0 Å². The van der Waals surface area contributed by atoms with Crippen molar-refractivity contribution in [3.8, 4) is 0 Å². The second-order valence-corrected chi connectivity index (χ2v) is 3.46. The Bertz CT molecular complexity index is 278. The molecule has 0 aliphatic rings. The van der Waals surface area contributed by atoms with Crippen LogP contribution in [0.1, 0.15) is 26.7 Å². The molecule has 0 N–H and O–H groups in total. The van der Waals surface area contributed by atoms with Gasteiger partial charge in [-0.25, -0.2) is 9.97 Å². The molecule has 0 aliphatic heterocycles.